The topological polar surface area (TPSA) is 30.7 Å². The van der Waals surface area contributed by atoms with E-state index in [-0.39, 0.29) is 0 Å². The van der Waals surface area contributed by atoms with Gasteiger partial charge in [-0.1, -0.05) is 48.5 Å². The quantitative estimate of drug-likeness (QED) is 0.666. The molecule has 0 saturated heterocycles. The van der Waals surface area contributed by atoms with Crippen LogP contribution in [-0.2, 0) is 0 Å². The van der Waals surface area contributed by atoms with Crippen molar-refractivity contribution >= 4 is 0 Å². The maximum Gasteiger partial charge on any atom is 0.123 e. The zero-order valence-corrected chi connectivity index (χ0v) is 9.19. The van der Waals surface area contributed by atoms with Crippen LogP contribution < -0.4 is 0 Å². The molecular formula is C14H11N3. The van der Waals surface area contributed by atoms with E-state index in [2.05, 4.69) is 34.5 Å². The number of nitrogens with zero attached hydrogens (tertiary/aromatic N) is 3. The summed E-state index contributed by atoms with van der Waals surface area (Å²) in [4.78, 5) is 0. The normalized spacial score (nSPS) is 10.4. The second kappa shape index (κ2) is 4.22. The van der Waals surface area contributed by atoms with Crippen molar-refractivity contribution in [2.45, 2.75) is 0 Å². The first-order valence-corrected chi connectivity index (χ1v) is 5.44. The molecule has 2 aromatic carbocycles. The van der Waals surface area contributed by atoms with E-state index in [1.165, 1.54) is 11.1 Å². The number of rotatable bonds is 2. The van der Waals surface area contributed by atoms with Crippen molar-refractivity contribution in [3.63, 3.8) is 0 Å². The Morgan fingerprint density at radius 1 is 0.706 bits per heavy atom. The Balaban J connectivity index is 2.18. The summed E-state index contributed by atoms with van der Waals surface area (Å²) in [5.41, 5.74) is 3.45. The van der Waals surface area contributed by atoms with Gasteiger partial charge in [-0.05, 0) is 11.6 Å². The molecule has 0 N–H and O–H groups in total. The van der Waals surface area contributed by atoms with Crippen LogP contribution >= 0.6 is 0 Å². The summed E-state index contributed by atoms with van der Waals surface area (Å²) in [5, 5.41) is 7.69. The number of para-hydroxylation sites is 1. The zero-order valence-electron chi connectivity index (χ0n) is 9.19. The molecule has 17 heavy (non-hydrogen) atoms. The lowest BCUT2D eigenvalue weighted by Gasteiger charge is -2.09. The van der Waals surface area contributed by atoms with Crippen molar-refractivity contribution in [1.82, 2.24) is 14.8 Å². The summed E-state index contributed by atoms with van der Waals surface area (Å²) in [6.07, 6.45) is 3.42. The van der Waals surface area contributed by atoms with Crippen LogP contribution in [0, 0.1) is 0 Å². The molecule has 3 nitrogen and oxygen atoms in total. The van der Waals surface area contributed by atoms with Crippen LogP contribution in [0.4, 0.5) is 0 Å². The third-order valence-corrected chi connectivity index (χ3v) is 2.69. The maximum atomic E-state index is 3.85. The molecule has 0 unspecified atom stereocenters. The van der Waals surface area contributed by atoms with Gasteiger partial charge in [-0.2, -0.15) is 0 Å². The van der Waals surface area contributed by atoms with Gasteiger partial charge in [0.2, 0.25) is 0 Å². The molecule has 0 radical (unpaired) electrons. The van der Waals surface area contributed by atoms with E-state index in [9.17, 15) is 0 Å². The van der Waals surface area contributed by atoms with Gasteiger partial charge in [0.15, 0.2) is 0 Å². The average Bonchev–Trinajstić information content (AvgIpc) is 2.94. The Kier molecular flexibility index (Phi) is 2.43. The Morgan fingerprint density at radius 3 is 2.12 bits per heavy atom. The standard InChI is InChI=1S/C14H11N3/c1-2-6-12(7-3-1)13-8-4-5-9-14(13)17-10-15-16-11-17/h1-11H. The highest BCUT2D eigenvalue weighted by molar-refractivity contribution is 5.72. The summed E-state index contributed by atoms with van der Waals surface area (Å²) in [6.45, 7) is 0. The van der Waals surface area contributed by atoms with E-state index in [4.69, 9.17) is 0 Å². The van der Waals surface area contributed by atoms with Gasteiger partial charge in [0, 0.05) is 5.56 Å². The molecule has 0 atom stereocenters. The van der Waals surface area contributed by atoms with Crippen LogP contribution in [0.15, 0.2) is 67.3 Å². The van der Waals surface area contributed by atoms with Crippen molar-refractivity contribution < 1.29 is 0 Å². The van der Waals surface area contributed by atoms with Gasteiger partial charge in [0.05, 0.1) is 5.69 Å². The maximum absolute atomic E-state index is 3.85. The van der Waals surface area contributed by atoms with Crippen molar-refractivity contribution in [2.24, 2.45) is 0 Å². The summed E-state index contributed by atoms with van der Waals surface area (Å²) in [6, 6.07) is 18.5. The van der Waals surface area contributed by atoms with Crippen molar-refractivity contribution in [2.75, 3.05) is 0 Å². The average molecular weight is 221 g/mol. The number of hydrogen-bond donors (Lipinski definition) is 0. The smallest absolute Gasteiger partial charge is 0.123 e. The molecule has 3 aromatic rings. The van der Waals surface area contributed by atoms with Gasteiger partial charge >= 0.3 is 0 Å². The van der Waals surface area contributed by atoms with E-state index >= 15 is 0 Å². The van der Waals surface area contributed by atoms with Gasteiger partial charge < -0.3 is 0 Å². The Hall–Kier alpha value is -2.42. The minimum Gasteiger partial charge on any atom is -0.288 e. The van der Waals surface area contributed by atoms with E-state index in [1.54, 1.807) is 12.7 Å². The lowest BCUT2D eigenvalue weighted by Crippen LogP contribution is -1.93. The summed E-state index contributed by atoms with van der Waals surface area (Å²) < 4.78 is 1.92. The summed E-state index contributed by atoms with van der Waals surface area (Å²) in [5.74, 6) is 0. The van der Waals surface area contributed by atoms with Crippen molar-refractivity contribution in [3.8, 4) is 16.8 Å². The zero-order chi connectivity index (χ0) is 11.5. The number of hydrogen-bond acceptors (Lipinski definition) is 2. The van der Waals surface area contributed by atoms with Gasteiger partial charge in [0.25, 0.3) is 0 Å². The molecule has 1 aromatic heterocycles. The molecule has 0 aliphatic carbocycles. The van der Waals surface area contributed by atoms with Crippen molar-refractivity contribution in [3.05, 3.63) is 67.3 Å². The fourth-order valence-electron chi connectivity index (χ4n) is 1.89. The van der Waals surface area contributed by atoms with Crippen LogP contribution in [0.25, 0.3) is 16.8 Å². The van der Waals surface area contributed by atoms with Crippen LogP contribution in [0.2, 0.25) is 0 Å². The highest BCUT2D eigenvalue weighted by Crippen LogP contribution is 2.25. The van der Waals surface area contributed by atoms with E-state index in [1.807, 2.05) is 34.9 Å². The number of benzene rings is 2. The Morgan fingerprint density at radius 2 is 1.35 bits per heavy atom. The molecule has 0 spiro atoms. The minimum absolute atomic E-state index is 1.09. The van der Waals surface area contributed by atoms with Gasteiger partial charge in [-0.15, -0.1) is 10.2 Å². The summed E-state index contributed by atoms with van der Waals surface area (Å²) in [7, 11) is 0. The highest BCUT2D eigenvalue weighted by Gasteiger charge is 2.05. The molecule has 0 fully saturated rings. The van der Waals surface area contributed by atoms with Gasteiger partial charge in [0.1, 0.15) is 12.7 Å². The van der Waals surface area contributed by atoms with Crippen molar-refractivity contribution in [1.29, 1.82) is 0 Å². The third-order valence-electron chi connectivity index (χ3n) is 2.69. The van der Waals surface area contributed by atoms with Gasteiger partial charge in [-0.25, -0.2) is 0 Å². The molecule has 1 heterocycles. The highest BCUT2D eigenvalue weighted by atomic mass is 15.2. The lowest BCUT2D eigenvalue weighted by atomic mass is 10.0. The first-order valence-electron chi connectivity index (χ1n) is 5.44. The predicted molar refractivity (Wildman–Crippen MR) is 66.8 cm³/mol. The second-order valence-electron chi connectivity index (χ2n) is 3.75. The van der Waals surface area contributed by atoms with Gasteiger partial charge in [-0.3, -0.25) is 4.57 Å². The first kappa shape index (κ1) is 9.78. The van der Waals surface area contributed by atoms with E-state index in [0.717, 1.165) is 5.69 Å². The largest absolute Gasteiger partial charge is 0.288 e. The van der Waals surface area contributed by atoms with Crippen LogP contribution in [-0.4, -0.2) is 14.8 Å². The molecule has 0 amide bonds. The van der Waals surface area contributed by atoms with Crippen LogP contribution in [0.1, 0.15) is 0 Å². The SMILES string of the molecule is c1ccc(-c2ccccc2-n2cnnc2)cc1. The van der Waals surface area contributed by atoms with Crippen LogP contribution in [0.3, 0.4) is 0 Å². The molecule has 3 heteroatoms. The fourth-order valence-corrected chi connectivity index (χ4v) is 1.89. The van der Waals surface area contributed by atoms with E-state index < -0.39 is 0 Å². The summed E-state index contributed by atoms with van der Waals surface area (Å²) >= 11 is 0. The first-order chi connectivity index (χ1) is 8.45. The molecule has 0 saturated carbocycles. The molecule has 3 rings (SSSR count). The third kappa shape index (κ3) is 1.83. The number of aromatic nitrogens is 3. The molecule has 0 bridgehead atoms. The molecule has 0 aliphatic heterocycles. The Bertz CT molecular complexity index is 600. The molecule has 82 valence electrons. The van der Waals surface area contributed by atoms with Crippen LogP contribution in [0.5, 0.6) is 0 Å². The molecular weight excluding hydrogens is 210 g/mol. The minimum atomic E-state index is 1.09. The second-order valence-corrected chi connectivity index (χ2v) is 3.75. The lowest BCUT2D eigenvalue weighted by molar-refractivity contribution is 1.06. The fraction of sp³-hybridized carbons (Fsp3) is 0. The predicted octanol–water partition coefficient (Wildman–Crippen LogP) is 2.93. The molecule has 0 aliphatic rings. The monoisotopic (exact) mass is 221 g/mol. The Labute approximate surface area is 99.4 Å². The van der Waals surface area contributed by atoms with E-state index in [0.29, 0.717) is 0 Å².